The van der Waals surface area contributed by atoms with Gasteiger partial charge in [0.2, 0.25) is 0 Å². The van der Waals surface area contributed by atoms with Gasteiger partial charge in [0.05, 0.1) is 0 Å². The molecule has 0 aromatic heterocycles. The fourth-order valence-electron chi connectivity index (χ4n) is 2.55. The zero-order chi connectivity index (χ0) is 13.3. The van der Waals surface area contributed by atoms with Crippen molar-refractivity contribution in [3.8, 4) is 0 Å². The van der Waals surface area contributed by atoms with Gasteiger partial charge in [-0.1, -0.05) is 103 Å². The van der Waals surface area contributed by atoms with Crippen molar-refractivity contribution in [3.63, 3.8) is 0 Å². The predicted molar refractivity (Wildman–Crippen MR) is 92.2 cm³/mol. The Labute approximate surface area is 158 Å². The average Bonchev–Trinajstić information content (AvgIpc) is 2.39. The fourth-order valence-corrected chi connectivity index (χ4v) is 2.55. The molecule has 0 saturated heterocycles. The van der Waals surface area contributed by atoms with Crippen LogP contribution in [-0.2, 0) is 0 Å². The molecule has 2 heteroatoms. The minimum absolute atomic E-state index is 0. The van der Waals surface area contributed by atoms with E-state index in [4.69, 9.17) is 0 Å². The standard InChI is InChI=1S/C18H37.ClH.Na/c1-3-5-7-9-11-13-15-17-18-16-14-12-10-8-6-4-2;;/h1,3-18H2,2H3;1H;/q-1;;+1. The minimum Gasteiger partial charge on any atom is -0.343 e. The van der Waals surface area contributed by atoms with E-state index in [0.717, 1.165) is 6.42 Å². The van der Waals surface area contributed by atoms with Crippen LogP contribution in [0.2, 0.25) is 0 Å². The van der Waals surface area contributed by atoms with Crippen LogP contribution in [0.5, 0.6) is 0 Å². The molecule has 0 saturated carbocycles. The summed E-state index contributed by atoms with van der Waals surface area (Å²) in [5.41, 5.74) is 0. The zero-order valence-electron chi connectivity index (χ0n) is 14.4. The molecule has 0 heterocycles. The maximum absolute atomic E-state index is 3.88. The quantitative estimate of drug-likeness (QED) is 0.237. The van der Waals surface area contributed by atoms with E-state index in [2.05, 4.69) is 13.8 Å². The maximum atomic E-state index is 3.88. The van der Waals surface area contributed by atoms with Gasteiger partial charge >= 0.3 is 29.6 Å². The SMILES string of the molecule is Cl.[CH2-]CCCCCCCCCCCCCCCCC.[Na+]. The molecule has 0 bridgehead atoms. The number of unbranched alkanes of at least 4 members (excludes halogenated alkanes) is 15. The molecule has 0 N–H and O–H groups in total. The first-order valence-electron chi connectivity index (χ1n) is 8.71. The summed E-state index contributed by atoms with van der Waals surface area (Å²) in [6.07, 6.45) is 22.8. The Kier molecular flexibility index (Phi) is 33.1. The topological polar surface area (TPSA) is 0 Å². The largest absolute Gasteiger partial charge is 1.00 e. The van der Waals surface area contributed by atoms with E-state index in [-0.39, 0.29) is 42.0 Å². The third-order valence-corrected chi connectivity index (χ3v) is 3.85. The van der Waals surface area contributed by atoms with Crippen LogP contribution in [0.3, 0.4) is 0 Å². The Morgan fingerprint density at radius 2 is 0.750 bits per heavy atom. The maximum Gasteiger partial charge on any atom is 1.00 e. The number of hydrogen-bond acceptors (Lipinski definition) is 0. The van der Waals surface area contributed by atoms with Crippen LogP contribution >= 0.6 is 12.4 Å². The van der Waals surface area contributed by atoms with Gasteiger partial charge in [0.25, 0.3) is 0 Å². The van der Waals surface area contributed by atoms with Gasteiger partial charge in [-0.2, -0.15) is 6.42 Å². The van der Waals surface area contributed by atoms with Crippen molar-refractivity contribution in [2.24, 2.45) is 0 Å². The predicted octanol–water partition coefficient (Wildman–Crippen LogP) is 4.51. The molecule has 0 aliphatic carbocycles. The molecule has 0 radical (unpaired) electrons. The van der Waals surface area contributed by atoms with Crippen molar-refractivity contribution in [3.05, 3.63) is 6.92 Å². The van der Waals surface area contributed by atoms with Crippen LogP contribution in [0.4, 0.5) is 0 Å². The van der Waals surface area contributed by atoms with Crippen LogP contribution < -0.4 is 29.6 Å². The Bertz CT molecular complexity index is 123. The molecule has 0 fully saturated rings. The molecule has 0 aromatic rings. The number of rotatable bonds is 15. The van der Waals surface area contributed by atoms with E-state index in [0.29, 0.717) is 0 Å². The van der Waals surface area contributed by atoms with E-state index in [1.54, 1.807) is 0 Å². The van der Waals surface area contributed by atoms with Crippen LogP contribution in [0, 0.1) is 6.92 Å². The van der Waals surface area contributed by atoms with Crippen molar-refractivity contribution < 1.29 is 29.6 Å². The first-order chi connectivity index (χ1) is 8.91. The van der Waals surface area contributed by atoms with Crippen LogP contribution in [-0.4, -0.2) is 0 Å². The van der Waals surface area contributed by atoms with Gasteiger partial charge in [-0.15, -0.1) is 12.4 Å². The van der Waals surface area contributed by atoms with Crippen LogP contribution in [0.1, 0.15) is 110 Å². The molecule has 20 heavy (non-hydrogen) atoms. The zero-order valence-corrected chi connectivity index (χ0v) is 17.2. The second-order valence-electron chi connectivity index (χ2n) is 5.80. The Morgan fingerprint density at radius 1 is 0.500 bits per heavy atom. The molecule has 0 unspecified atom stereocenters. The minimum atomic E-state index is 0. The van der Waals surface area contributed by atoms with Gasteiger partial charge in [0.15, 0.2) is 0 Å². The summed E-state index contributed by atoms with van der Waals surface area (Å²) < 4.78 is 0. The van der Waals surface area contributed by atoms with Crippen molar-refractivity contribution in [2.45, 2.75) is 110 Å². The molecule has 0 aliphatic rings. The van der Waals surface area contributed by atoms with Gasteiger partial charge in [-0.05, 0) is 0 Å². The summed E-state index contributed by atoms with van der Waals surface area (Å²) in [6.45, 7) is 6.18. The van der Waals surface area contributed by atoms with Gasteiger partial charge in [0, 0.05) is 0 Å². The van der Waals surface area contributed by atoms with Crippen LogP contribution in [0.25, 0.3) is 0 Å². The Hall–Kier alpha value is 1.29. The first kappa shape index (κ1) is 26.2. The Morgan fingerprint density at radius 3 is 1.00 bits per heavy atom. The van der Waals surface area contributed by atoms with E-state index < -0.39 is 0 Å². The van der Waals surface area contributed by atoms with E-state index in [9.17, 15) is 0 Å². The molecule has 0 atom stereocenters. The molecular formula is C18H38ClNa. The van der Waals surface area contributed by atoms with E-state index >= 15 is 0 Å². The van der Waals surface area contributed by atoms with Crippen LogP contribution in [0.15, 0.2) is 0 Å². The molecule has 0 spiro atoms. The molecule has 118 valence electrons. The van der Waals surface area contributed by atoms with Gasteiger partial charge < -0.3 is 6.92 Å². The molecule has 0 amide bonds. The van der Waals surface area contributed by atoms with Gasteiger partial charge in [0.1, 0.15) is 0 Å². The first-order valence-corrected chi connectivity index (χ1v) is 8.71. The van der Waals surface area contributed by atoms with Gasteiger partial charge in [-0.3, -0.25) is 0 Å². The smallest absolute Gasteiger partial charge is 0.343 e. The third-order valence-electron chi connectivity index (χ3n) is 3.85. The number of hydrogen-bond donors (Lipinski definition) is 0. The summed E-state index contributed by atoms with van der Waals surface area (Å²) in [6, 6.07) is 0. The summed E-state index contributed by atoms with van der Waals surface area (Å²) in [4.78, 5) is 0. The second-order valence-corrected chi connectivity index (χ2v) is 5.80. The molecule has 0 rings (SSSR count). The molecule has 0 aliphatic heterocycles. The summed E-state index contributed by atoms with van der Waals surface area (Å²) in [5.74, 6) is 0. The van der Waals surface area contributed by atoms with Crippen molar-refractivity contribution in [2.75, 3.05) is 0 Å². The molecular weight excluding hydrogens is 275 g/mol. The summed E-state index contributed by atoms with van der Waals surface area (Å²) >= 11 is 0. The fraction of sp³-hybridized carbons (Fsp3) is 0.944. The average molecular weight is 313 g/mol. The summed E-state index contributed by atoms with van der Waals surface area (Å²) in [7, 11) is 0. The molecule has 0 aromatic carbocycles. The van der Waals surface area contributed by atoms with Gasteiger partial charge in [-0.25, -0.2) is 0 Å². The normalized spacial score (nSPS) is 9.90. The monoisotopic (exact) mass is 312 g/mol. The van der Waals surface area contributed by atoms with Crippen molar-refractivity contribution in [1.82, 2.24) is 0 Å². The summed E-state index contributed by atoms with van der Waals surface area (Å²) in [5, 5.41) is 0. The Balaban J connectivity index is -0.00000144. The third kappa shape index (κ3) is 24.3. The number of halogens is 1. The van der Waals surface area contributed by atoms with Crippen molar-refractivity contribution >= 4 is 12.4 Å². The van der Waals surface area contributed by atoms with E-state index in [1.165, 1.54) is 96.3 Å². The molecule has 0 nitrogen and oxygen atoms in total. The van der Waals surface area contributed by atoms with E-state index in [1.807, 2.05) is 0 Å². The second kappa shape index (κ2) is 25.3. The van der Waals surface area contributed by atoms with Crippen molar-refractivity contribution in [1.29, 1.82) is 0 Å².